The van der Waals surface area contributed by atoms with Crippen LogP contribution in [0.5, 0.6) is 5.75 Å². The monoisotopic (exact) mass is 535 g/mol. The largest absolute Gasteiger partial charge is 0.497 e. The quantitative estimate of drug-likeness (QED) is 0.343. The number of rotatable bonds is 13. The predicted octanol–water partition coefficient (Wildman–Crippen LogP) is 2.87. The van der Waals surface area contributed by atoms with Crippen LogP contribution in [0.3, 0.4) is 0 Å². The molecule has 0 atom stereocenters. The fourth-order valence-electron chi connectivity index (χ4n) is 4.84. The standard InChI is InChI=1S/C29H41N7O3/c1-30-29-31-9-8-26(33-29)23-18-22-6-7-24(39-4)20-25(22)27(19-23)32-28(37)21-36-14-12-35(13-15-36)11-5-10-34(2)16-17-38-3/h6-9,18-20H,5,10-17,21H2,1-4H3,(H,32,37)(H,30,31,33). The zero-order chi connectivity index (χ0) is 27.6. The van der Waals surface area contributed by atoms with E-state index in [-0.39, 0.29) is 5.91 Å². The molecule has 1 aliphatic rings. The number of amides is 1. The molecule has 10 nitrogen and oxygen atoms in total. The third-order valence-electron chi connectivity index (χ3n) is 7.13. The summed E-state index contributed by atoms with van der Waals surface area (Å²) in [5, 5.41) is 8.08. The number of benzene rings is 2. The molecule has 1 aliphatic heterocycles. The van der Waals surface area contributed by atoms with Crippen LogP contribution in [0.2, 0.25) is 0 Å². The molecule has 2 aromatic carbocycles. The summed E-state index contributed by atoms with van der Waals surface area (Å²) in [6, 6.07) is 11.8. The van der Waals surface area contributed by atoms with E-state index in [4.69, 9.17) is 9.47 Å². The summed E-state index contributed by atoms with van der Waals surface area (Å²) in [5.74, 6) is 1.26. The van der Waals surface area contributed by atoms with Crippen molar-refractivity contribution < 1.29 is 14.3 Å². The second-order valence-electron chi connectivity index (χ2n) is 9.94. The lowest BCUT2D eigenvalue weighted by Gasteiger charge is -2.34. The van der Waals surface area contributed by atoms with Gasteiger partial charge < -0.3 is 29.9 Å². The van der Waals surface area contributed by atoms with Gasteiger partial charge in [0, 0.05) is 69.7 Å². The van der Waals surface area contributed by atoms with E-state index in [1.807, 2.05) is 30.3 Å². The Kier molecular flexibility index (Phi) is 10.4. The van der Waals surface area contributed by atoms with Crippen LogP contribution in [0.25, 0.3) is 22.0 Å². The van der Waals surface area contributed by atoms with Gasteiger partial charge >= 0.3 is 0 Å². The number of anilines is 2. The Balaban J connectivity index is 1.38. The third kappa shape index (κ3) is 8.09. The molecule has 39 heavy (non-hydrogen) atoms. The molecule has 1 amide bonds. The Labute approximate surface area is 231 Å². The smallest absolute Gasteiger partial charge is 0.238 e. The Morgan fingerprint density at radius 2 is 1.85 bits per heavy atom. The molecule has 1 fully saturated rings. The van der Waals surface area contributed by atoms with E-state index in [9.17, 15) is 4.79 Å². The highest BCUT2D eigenvalue weighted by Gasteiger charge is 2.20. The number of aromatic nitrogens is 2. The summed E-state index contributed by atoms with van der Waals surface area (Å²) in [5.41, 5.74) is 2.43. The number of methoxy groups -OCH3 is 2. The van der Waals surface area contributed by atoms with Crippen LogP contribution in [0.4, 0.5) is 11.6 Å². The van der Waals surface area contributed by atoms with Crippen LogP contribution in [0.15, 0.2) is 42.6 Å². The van der Waals surface area contributed by atoms with E-state index in [1.165, 1.54) is 0 Å². The normalized spacial score (nSPS) is 14.6. The molecule has 210 valence electrons. The van der Waals surface area contributed by atoms with Gasteiger partial charge in [-0.15, -0.1) is 0 Å². The second kappa shape index (κ2) is 14.2. The fraction of sp³-hybridized carbons (Fsp3) is 0.483. The first kappa shape index (κ1) is 28.7. The Bertz CT molecular complexity index is 1230. The molecule has 2 N–H and O–H groups in total. The van der Waals surface area contributed by atoms with Crippen molar-refractivity contribution >= 4 is 28.3 Å². The van der Waals surface area contributed by atoms with Crippen molar-refractivity contribution in [2.75, 3.05) is 97.9 Å². The van der Waals surface area contributed by atoms with Crippen LogP contribution < -0.4 is 15.4 Å². The minimum atomic E-state index is -0.0249. The average molecular weight is 536 g/mol. The van der Waals surface area contributed by atoms with Crippen LogP contribution in [0.1, 0.15) is 6.42 Å². The van der Waals surface area contributed by atoms with Crippen LogP contribution in [-0.2, 0) is 9.53 Å². The molecule has 4 rings (SSSR count). The van der Waals surface area contributed by atoms with Gasteiger partial charge in [0.25, 0.3) is 0 Å². The predicted molar refractivity (Wildman–Crippen MR) is 157 cm³/mol. The summed E-state index contributed by atoms with van der Waals surface area (Å²) in [4.78, 5) is 29.0. The number of carbonyl (C=O) groups excluding carboxylic acids is 1. The number of nitrogens with one attached hydrogen (secondary N) is 2. The van der Waals surface area contributed by atoms with E-state index >= 15 is 0 Å². The Hall–Kier alpha value is -3.31. The van der Waals surface area contributed by atoms with Gasteiger partial charge in [0.2, 0.25) is 11.9 Å². The second-order valence-corrected chi connectivity index (χ2v) is 9.94. The lowest BCUT2D eigenvalue weighted by molar-refractivity contribution is -0.117. The molecule has 0 bridgehead atoms. The highest BCUT2D eigenvalue weighted by Crippen LogP contribution is 2.33. The lowest BCUT2D eigenvalue weighted by Crippen LogP contribution is -2.49. The van der Waals surface area contributed by atoms with Gasteiger partial charge in [0.1, 0.15) is 5.75 Å². The molecular weight excluding hydrogens is 494 g/mol. The summed E-state index contributed by atoms with van der Waals surface area (Å²) < 4.78 is 10.6. The summed E-state index contributed by atoms with van der Waals surface area (Å²) in [7, 11) is 7.31. The van der Waals surface area contributed by atoms with Crippen molar-refractivity contribution in [3.63, 3.8) is 0 Å². The van der Waals surface area contributed by atoms with Crippen molar-refractivity contribution in [1.82, 2.24) is 24.7 Å². The highest BCUT2D eigenvalue weighted by molar-refractivity contribution is 6.05. The van der Waals surface area contributed by atoms with Gasteiger partial charge in [-0.1, -0.05) is 6.07 Å². The summed E-state index contributed by atoms with van der Waals surface area (Å²) in [6.07, 6.45) is 2.86. The third-order valence-corrected chi connectivity index (χ3v) is 7.13. The minimum absolute atomic E-state index is 0.0249. The number of hydrogen-bond donors (Lipinski definition) is 2. The highest BCUT2D eigenvalue weighted by atomic mass is 16.5. The number of likely N-dealkylation sites (N-methyl/N-ethyl adjacent to an activating group) is 1. The molecule has 0 spiro atoms. The maximum atomic E-state index is 13.2. The van der Waals surface area contributed by atoms with E-state index < -0.39 is 0 Å². The number of fused-ring (bicyclic) bond motifs is 1. The number of nitrogens with zero attached hydrogens (tertiary/aromatic N) is 5. The lowest BCUT2D eigenvalue weighted by atomic mass is 10.0. The number of hydrogen-bond acceptors (Lipinski definition) is 9. The minimum Gasteiger partial charge on any atom is -0.497 e. The van der Waals surface area contributed by atoms with Crippen molar-refractivity contribution in [3.05, 3.63) is 42.6 Å². The van der Waals surface area contributed by atoms with Gasteiger partial charge in [0.05, 0.1) is 26.0 Å². The number of ether oxygens (including phenoxy) is 2. The van der Waals surface area contributed by atoms with E-state index in [2.05, 4.69) is 48.4 Å². The van der Waals surface area contributed by atoms with Crippen molar-refractivity contribution in [1.29, 1.82) is 0 Å². The van der Waals surface area contributed by atoms with Crippen LogP contribution in [0, 0.1) is 0 Å². The number of carbonyl (C=O) groups is 1. The molecule has 3 aromatic rings. The molecule has 1 saturated heterocycles. The van der Waals surface area contributed by atoms with Crippen molar-refractivity contribution in [2.24, 2.45) is 0 Å². The first-order chi connectivity index (χ1) is 19.0. The molecule has 2 heterocycles. The molecule has 0 radical (unpaired) electrons. The maximum absolute atomic E-state index is 13.2. The SMILES string of the molecule is CNc1nccc(-c2cc(NC(=O)CN3CCN(CCCN(C)CCOC)CC3)c3cc(OC)ccc3c2)n1. The molecule has 10 heteroatoms. The molecule has 0 unspecified atom stereocenters. The van der Waals surface area contributed by atoms with Crippen LogP contribution in [-0.4, -0.2) is 118 Å². The molecule has 1 aromatic heterocycles. The Morgan fingerprint density at radius 1 is 1.05 bits per heavy atom. The van der Waals surface area contributed by atoms with Crippen molar-refractivity contribution in [2.45, 2.75) is 6.42 Å². The van der Waals surface area contributed by atoms with Gasteiger partial charge in [-0.3, -0.25) is 9.69 Å². The average Bonchev–Trinajstić information content (AvgIpc) is 2.96. The van der Waals surface area contributed by atoms with E-state index in [1.54, 1.807) is 27.5 Å². The van der Waals surface area contributed by atoms with Crippen molar-refractivity contribution in [3.8, 4) is 17.0 Å². The first-order valence-corrected chi connectivity index (χ1v) is 13.5. The summed E-state index contributed by atoms with van der Waals surface area (Å²) in [6.45, 7) is 7.96. The fourth-order valence-corrected chi connectivity index (χ4v) is 4.84. The summed E-state index contributed by atoms with van der Waals surface area (Å²) >= 11 is 0. The molecule has 0 saturated carbocycles. The molecular formula is C29H41N7O3. The van der Waals surface area contributed by atoms with Crippen LogP contribution >= 0.6 is 0 Å². The van der Waals surface area contributed by atoms with Gasteiger partial charge in [-0.2, -0.15) is 0 Å². The van der Waals surface area contributed by atoms with Gasteiger partial charge in [-0.25, -0.2) is 9.97 Å². The van der Waals surface area contributed by atoms with Gasteiger partial charge in [-0.05, 0) is 62.3 Å². The number of piperazine rings is 1. The first-order valence-electron chi connectivity index (χ1n) is 13.5. The Morgan fingerprint density at radius 3 is 2.59 bits per heavy atom. The maximum Gasteiger partial charge on any atom is 0.238 e. The molecule has 0 aliphatic carbocycles. The zero-order valence-corrected chi connectivity index (χ0v) is 23.6. The topological polar surface area (TPSA) is 95.1 Å². The zero-order valence-electron chi connectivity index (χ0n) is 23.6. The van der Waals surface area contributed by atoms with E-state index in [0.29, 0.717) is 12.5 Å². The van der Waals surface area contributed by atoms with Gasteiger partial charge in [0.15, 0.2) is 0 Å². The van der Waals surface area contributed by atoms with E-state index in [0.717, 1.165) is 92.3 Å².